The fourth-order valence-corrected chi connectivity index (χ4v) is 4.72. The molecule has 3 N–H and O–H groups in total. The number of carboxylic acids is 2. The summed E-state index contributed by atoms with van der Waals surface area (Å²) >= 11 is 0. The molecule has 1 atom stereocenters. The van der Waals surface area contributed by atoms with Crippen LogP contribution in [-0.4, -0.2) is 88.7 Å². The number of rotatable bonds is 3. The van der Waals surface area contributed by atoms with Crippen LogP contribution in [0.15, 0.2) is 24.5 Å². The van der Waals surface area contributed by atoms with Crippen LogP contribution in [0.3, 0.4) is 0 Å². The van der Waals surface area contributed by atoms with Gasteiger partial charge in [0, 0.05) is 63.1 Å². The Labute approximate surface area is 214 Å². The number of nitrogens with zero attached hydrogens (tertiary/aromatic N) is 2. The van der Waals surface area contributed by atoms with E-state index < -0.39 is 24.3 Å². The second kappa shape index (κ2) is 13.2. The molecule has 0 aliphatic carbocycles. The van der Waals surface area contributed by atoms with E-state index in [1.54, 1.807) is 6.20 Å². The first-order chi connectivity index (χ1) is 17.6. The lowest BCUT2D eigenvalue weighted by Crippen LogP contribution is -2.54. The fourth-order valence-electron chi connectivity index (χ4n) is 4.72. The molecule has 1 aromatic rings. The molecule has 15 heteroatoms. The van der Waals surface area contributed by atoms with Gasteiger partial charge in [-0.3, -0.25) is 9.78 Å². The molecule has 1 spiro atoms. The monoisotopic (exact) mass is 557 g/mol. The molecule has 214 valence electrons. The van der Waals surface area contributed by atoms with Crippen molar-refractivity contribution in [3.8, 4) is 0 Å². The van der Waals surface area contributed by atoms with Crippen molar-refractivity contribution in [3.63, 3.8) is 0 Å². The summed E-state index contributed by atoms with van der Waals surface area (Å²) < 4.78 is 68.9. The van der Waals surface area contributed by atoms with Gasteiger partial charge < -0.3 is 25.2 Å². The van der Waals surface area contributed by atoms with Crippen molar-refractivity contribution < 1.29 is 55.7 Å². The van der Waals surface area contributed by atoms with Crippen molar-refractivity contribution in [2.45, 2.75) is 55.9 Å². The summed E-state index contributed by atoms with van der Waals surface area (Å²) in [5.41, 5.74) is 1.14. The number of carbonyl (C=O) groups excluding carboxylic acids is 1. The van der Waals surface area contributed by atoms with Crippen LogP contribution in [0, 0.1) is 5.92 Å². The number of ether oxygens (including phenoxy) is 1. The summed E-state index contributed by atoms with van der Waals surface area (Å²) in [7, 11) is 0. The first-order valence-electron chi connectivity index (χ1n) is 11.8. The third-order valence-corrected chi connectivity index (χ3v) is 6.62. The number of carbonyl (C=O) groups is 3. The van der Waals surface area contributed by atoms with E-state index in [-0.39, 0.29) is 17.4 Å². The van der Waals surface area contributed by atoms with Crippen molar-refractivity contribution in [2.24, 2.45) is 5.92 Å². The Morgan fingerprint density at radius 3 is 2.03 bits per heavy atom. The third-order valence-electron chi connectivity index (χ3n) is 6.62. The highest BCUT2D eigenvalue weighted by Crippen LogP contribution is 2.43. The lowest BCUT2D eigenvalue weighted by atomic mass is 9.74. The maximum Gasteiger partial charge on any atom is 0.490 e. The van der Waals surface area contributed by atoms with Crippen LogP contribution in [0.25, 0.3) is 0 Å². The molecule has 3 fully saturated rings. The first kappa shape index (κ1) is 31.3. The van der Waals surface area contributed by atoms with Gasteiger partial charge in [-0.05, 0) is 43.2 Å². The standard InChI is InChI=1S/C19H27N3O2.2C2HF3O2/c23-18-12-17(16-2-1-7-20-13-16)19(21-18)5-8-22(9-6-19)14-15-3-10-24-11-4-15;2*3-2(4,5)1(6)7/h1-2,7,13,15,17H,3-6,8-12,14H2,(H,21,23);2*(H,6,7). The highest BCUT2D eigenvalue weighted by Gasteiger charge is 2.48. The predicted molar refractivity (Wildman–Crippen MR) is 119 cm³/mol. The number of piperidine rings is 1. The summed E-state index contributed by atoms with van der Waals surface area (Å²) in [4.78, 5) is 36.8. The molecule has 1 unspecified atom stereocenters. The summed E-state index contributed by atoms with van der Waals surface area (Å²) in [6, 6.07) is 4.10. The van der Waals surface area contributed by atoms with Crippen LogP contribution in [0.1, 0.15) is 43.6 Å². The van der Waals surface area contributed by atoms with Crippen molar-refractivity contribution in [1.29, 1.82) is 0 Å². The third kappa shape index (κ3) is 9.42. The Bertz CT molecular complexity index is 906. The normalized spacial score (nSPS) is 21.9. The number of hydrogen-bond donors (Lipinski definition) is 3. The van der Waals surface area contributed by atoms with Gasteiger partial charge in [0.1, 0.15) is 0 Å². The summed E-state index contributed by atoms with van der Waals surface area (Å²) in [6.45, 7) is 5.18. The van der Waals surface area contributed by atoms with Gasteiger partial charge in [0.05, 0.1) is 0 Å². The van der Waals surface area contributed by atoms with Gasteiger partial charge in [0.25, 0.3) is 0 Å². The van der Waals surface area contributed by atoms with E-state index in [9.17, 15) is 31.1 Å². The average molecular weight is 557 g/mol. The molecule has 4 heterocycles. The number of hydrogen-bond acceptors (Lipinski definition) is 6. The zero-order valence-electron chi connectivity index (χ0n) is 20.2. The number of halogens is 6. The first-order valence-corrected chi connectivity index (χ1v) is 11.8. The van der Waals surface area contributed by atoms with Crippen molar-refractivity contribution in [3.05, 3.63) is 30.1 Å². The Morgan fingerprint density at radius 1 is 1.05 bits per heavy atom. The smallest absolute Gasteiger partial charge is 0.475 e. The molecule has 0 bridgehead atoms. The largest absolute Gasteiger partial charge is 0.490 e. The Kier molecular flexibility index (Phi) is 10.9. The molecule has 3 saturated heterocycles. The van der Waals surface area contributed by atoms with E-state index in [4.69, 9.17) is 24.5 Å². The van der Waals surface area contributed by atoms with E-state index in [0.29, 0.717) is 6.42 Å². The molecule has 1 aromatic heterocycles. The zero-order valence-corrected chi connectivity index (χ0v) is 20.2. The Balaban J connectivity index is 0.000000301. The highest BCUT2D eigenvalue weighted by atomic mass is 19.4. The van der Waals surface area contributed by atoms with E-state index in [0.717, 1.165) is 45.1 Å². The van der Waals surface area contributed by atoms with Gasteiger partial charge in [0.2, 0.25) is 5.91 Å². The molecule has 4 rings (SSSR count). The van der Waals surface area contributed by atoms with Gasteiger partial charge >= 0.3 is 24.3 Å². The SMILES string of the molecule is O=C(O)C(F)(F)F.O=C(O)C(F)(F)F.O=C1CC(c2cccnc2)C2(CCN(CC3CCOCC3)CC2)N1. The molecule has 0 radical (unpaired) electrons. The van der Waals surface area contributed by atoms with E-state index in [1.807, 2.05) is 12.3 Å². The number of amides is 1. The molecular weight excluding hydrogens is 528 g/mol. The Morgan fingerprint density at radius 2 is 1.58 bits per heavy atom. The second-order valence-electron chi connectivity index (χ2n) is 9.21. The quantitative estimate of drug-likeness (QED) is 0.484. The number of pyridine rings is 1. The van der Waals surface area contributed by atoms with E-state index in [2.05, 4.69) is 21.3 Å². The number of likely N-dealkylation sites (tertiary alicyclic amines) is 1. The van der Waals surface area contributed by atoms with Gasteiger partial charge in [-0.2, -0.15) is 26.3 Å². The maximum atomic E-state index is 12.1. The number of aliphatic carboxylic acids is 2. The summed E-state index contributed by atoms with van der Waals surface area (Å²) in [6.07, 6.45) is -1.36. The van der Waals surface area contributed by atoms with Gasteiger partial charge in [-0.1, -0.05) is 6.07 Å². The minimum Gasteiger partial charge on any atom is -0.475 e. The lowest BCUT2D eigenvalue weighted by Gasteiger charge is -2.44. The maximum absolute atomic E-state index is 12.1. The molecule has 0 aromatic carbocycles. The number of nitrogens with one attached hydrogen (secondary N) is 1. The van der Waals surface area contributed by atoms with Crippen LogP contribution < -0.4 is 5.32 Å². The van der Waals surface area contributed by atoms with Crippen LogP contribution in [0.5, 0.6) is 0 Å². The van der Waals surface area contributed by atoms with Gasteiger partial charge in [-0.25, -0.2) is 9.59 Å². The average Bonchev–Trinajstić information content (AvgIpc) is 3.17. The number of alkyl halides is 6. The van der Waals surface area contributed by atoms with Gasteiger partial charge in [0.15, 0.2) is 0 Å². The zero-order chi connectivity index (χ0) is 28.6. The van der Waals surface area contributed by atoms with E-state index >= 15 is 0 Å². The van der Waals surface area contributed by atoms with Crippen molar-refractivity contribution in [2.75, 3.05) is 32.8 Å². The van der Waals surface area contributed by atoms with Crippen molar-refractivity contribution >= 4 is 17.8 Å². The van der Waals surface area contributed by atoms with Crippen LogP contribution >= 0.6 is 0 Å². The molecule has 3 aliphatic heterocycles. The summed E-state index contributed by atoms with van der Waals surface area (Å²) in [5.74, 6) is -4.27. The fraction of sp³-hybridized carbons (Fsp3) is 0.652. The molecule has 1 amide bonds. The predicted octanol–water partition coefficient (Wildman–Crippen LogP) is 3.21. The molecule has 9 nitrogen and oxygen atoms in total. The van der Waals surface area contributed by atoms with E-state index in [1.165, 1.54) is 24.9 Å². The Hall–Kier alpha value is -2.94. The molecular formula is C23H29F6N3O6. The van der Waals surface area contributed by atoms with Crippen LogP contribution in [-0.2, 0) is 19.1 Å². The number of carboxylic acid groups (broad SMARTS) is 2. The van der Waals surface area contributed by atoms with Gasteiger partial charge in [-0.15, -0.1) is 0 Å². The molecule has 38 heavy (non-hydrogen) atoms. The second-order valence-corrected chi connectivity index (χ2v) is 9.21. The molecule has 3 aliphatic rings. The number of aromatic nitrogens is 1. The topological polar surface area (TPSA) is 129 Å². The minimum absolute atomic E-state index is 0.0632. The van der Waals surface area contributed by atoms with Crippen molar-refractivity contribution in [1.82, 2.24) is 15.2 Å². The van der Waals surface area contributed by atoms with Crippen LogP contribution in [0.2, 0.25) is 0 Å². The minimum atomic E-state index is -5.08. The lowest BCUT2D eigenvalue weighted by molar-refractivity contribution is -0.193. The molecule has 0 saturated carbocycles. The summed E-state index contributed by atoms with van der Waals surface area (Å²) in [5, 5.41) is 17.6. The van der Waals surface area contributed by atoms with Crippen LogP contribution in [0.4, 0.5) is 26.3 Å². The highest BCUT2D eigenvalue weighted by molar-refractivity contribution is 5.81.